The van der Waals surface area contributed by atoms with E-state index in [4.69, 9.17) is 0 Å². The van der Waals surface area contributed by atoms with Crippen LogP contribution in [0.3, 0.4) is 0 Å². The van der Waals surface area contributed by atoms with Crippen molar-refractivity contribution in [3.05, 3.63) is 0 Å². The first-order chi connectivity index (χ1) is 3.89. The molecule has 1 nitrogen and oxygen atoms in total. The van der Waals surface area contributed by atoms with Crippen molar-refractivity contribution < 1.29 is 0 Å². The lowest BCUT2D eigenvalue weighted by molar-refractivity contribution is 0.567. The van der Waals surface area contributed by atoms with E-state index < -0.39 is 0 Å². The van der Waals surface area contributed by atoms with Gasteiger partial charge in [0.2, 0.25) is 0 Å². The molecule has 0 bridgehead atoms. The molecule has 0 saturated carbocycles. The van der Waals surface area contributed by atoms with Gasteiger partial charge in [0, 0.05) is 18.3 Å². The minimum Gasteiger partial charge on any atom is -0.313 e. The van der Waals surface area contributed by atoms with Crippen LogP contribution < -0.4 is 5.32 Å². The van der Waals surface area contributed by atoms with Gasteiger partial charge in [-0.15, -0.1) is 0 Å². The summed E-state index contributed by atoms with van der Waals surface area (Å²) in [5.41, 5.74) is 0. The summed E-state index contributed by atoms with van der Waals surface area (Å²) in [6.07, 6.45) is 1.34. The predicted octanol–water partition coefficient (Wildman–Crippen LogP) is 1.10. The highest BCUT2D eigenvalue weighted by molar-refractivity contribution is 7.99. The highest BCUT2D eigenvalue weighted by atomic mass is 32.2. The largest absolute Gasteiger partial charge is 0.313 e. The molecule has 48 valence electrons. The monoisotopic (exact) mass is 131 g/mol. The van der Waals surface area contributed by atoms with Gasteiger partial charge in [0.1, 0.15) is 0 Å². The fourth-order valence-electron chi connectivity index (χ4n) is 0.842. The first kappa shape index (κ1) is 6.43. The molecule has 1 unspecified atom stereocenters. The zero-order valence-electron chi connectivity index (χ0n) is 5.31. The summed E-state index contributed by atoms with van der Waals surface area (Å²) < 4.78 is 0. The van der Waals surface area contributed by atoms with Crippen molar-refractivity contribution >= 4 is 11.8 Å². The molecule has 1 N–H and O–H groups in total. The number of hydrogen-bond acceptors (Lipinski definition) is 2. The van der Waals surface area contributed by atoms with Gasteiger partial charge < -0.3 is 5.32 Å². The van der Waals surface area contributed by atoms with Crippen LogP contribution in [0.2, 0.25) is 0 Å². The summed E-state index contributed by atoms with van der Waals surface area (Å²) in [5, 5.41) is 3.42. The Morgan fingerprint density at radius 1 is 1.50 bits per heavy atom. The van der Waals surface area contributed by atoms with Gasteiger partial charge in [-0.1, -0.05) is 0 Å². The topological polar surface area (TPSA) is 12.0 Å². The zero-order valence-corrected chi connectivity index (χ0v) is 6.13. The van der Waals surface area contributed by atoms with Crippen LogP contribution in [0, 0.1) is 0 Å². The van der Waals surface area contributed by atoms with E-state index in [-0.39, 0.29) is 0 Å². The molecular weight excluding hydrogens is 118 g/mol. The molecule has 1 fully saturated rings. The zero-order chi connectivity index (χ0) is 5.82. The van der Waals surface area contributed by atoms with Gasteiger partial charge in [-0.25, -0.2) is 0 Å². The molecule has 0 spiro atoms. The van der Waals surface area contributed by atoms with E-state index in [0.29, 0.717) is 0 Å². The molecule has 1 heterocycles. The Morgan fingerprint density at radius 3 is 3.25 bits per heavy atom. The third kappa shape index (κ3) is 2.05. The summed E-state index contributed by atoms with van der Waals surface area (Å²) in [5.74, 6) is 2.64. The highest BCUT2D eigenvalue weighted by Crippen LogP contribution is 2.07. The minimum absolute atomic E-state index is 0.755. The second-order valence-corrected chi connectivity index (χ2v) is 3.48. The SMILES string of the molecule is CC1CCSCCN1. The van der Waals surface area contributed by atoms with Gasteiger partial charge in [0.25, 0.3) is 0 Å². The van der Waals surface area contributed by atoms with Crippen LogP contribution in [0.25, 0.3) is 0 Å². The lowest BCUT2D eigenvalue weighted by Crippen LogP contribution is -2.25. The molecule has 0 radical (unpaired) electrons. The summed E-state index contributed by atoms with van der Waals surface area (Å²) in [6, 6.07) is 0.755. The van der Waals surface area contributed by atoms with Crippen LogP contribution >= 0.6 is 11.8 Å². The van der Waals surface area contributed by atoms with E-state index in [0.717, 1.165) is 6.04 Å². The Morgan fingerprint density at radius 2 is 2.38 bits per heavy atom. The van der Waals surface area contributed by atoms with Gasteiger partial charge in [0.05, 0.1) is 0 Å². The number of hydrogen-bond donors (Lipinski definition) is 1. The normalized spacial score (nSPS) is 31.9. The van der Waals surface area contributed by atoms with Crippen LogP contribution in [0.4, 0.5) is 0 Å². The lowest BCUT2D eigenvalue weighted by Gasteiger charge is -2.05. The first-order valence-corrected chi connectivity index (χ1v) is 4.36. The second-order valence-electron chi connectivity index (χ2n) is 2.26. The van der Waals surface area contributed by atoms with Gasteiger partial charge in [-0.05, 0) is 19.1 Å². The van der Waals surface area contributed by atoms with Crippen molar-refractivity contribution in [2.24, 2.45) is 0 Å². The molecule has 1 atom stereocenters. The van der Waals surface area contributed by atoms with Crippen molar-refractivity contribution in [3.8, 4) is 0 Å². The Hall–Kier alpha value is 0.310. The third-order valence-electron chi connectivity index (χ3n) is 1.43. The maximum Gasteiger partial charge on any atom is 0.00582 e. The quantitative estimate of drug-likeness (QED) is 0.528. The average Bonchev–Trinajstić information content (AvgIpc) is 1.94. The lowest BCUT2D eigenvalue weighted by atomic mass is 10.3. The first-order valence-electron chi connectivity index (χ1n) is 3.21. The van der Waals surface area contributed by atoms with Crippen LogP contribution in [0.1, 0.15) is 13.3 Å². The van der Waals surface area contributed by atoms with E-state index in [9.17, 15) is 0 Å². The standard InChI is InChI=1S/C6H13NS/c1-6-2-4-8-5-3-7-6/h6-7H,2-5H2,1H3. The molecular formula is C6H13NS. The molecule has 0 aromatic rings. The molecule has 0 amide bonds. The van der Waals surface area contributed by atoms with Gasteiger partial charge in [0.15, 0.2) is 0 Å². The van der Waals surface area contributed by atoms with Crippen molar-refractivity contribution in [1.82, 2.24) is 5.32 Å². The molecule has 0 aromatic carbocycles. The molecule has 1 aliphatic rings. The summed E-state index contributed by atoms with van der Waals surface area (Å²) in [6.45, 7) is 3.46. The van der Waals surface area contributed by atoms with Crippen molar-refractivity contribution in [2.45, 2.75) is 19.4 Å². The van der Waals surface area contributed by atoms with Crippen LogP contribution in [0.5, 0.6) is 0 Å². The van der Waals surface area contributed by atoms with Gasteiger partial charge in [-0.3, -0.25) is 0 Å². The fraction of sp³-hybridized carbons (Fsp3) is 1.00. The Labute approximate surface area is 55.2 Å². The smallest absolute Gasteiger partial charge is 0.00582 e. The predicted molar refractivity (Wildman–Crippen MR) is 39.4 cm³/mol. The molecule has 8 heavy (non-hydrogen) atoms. The van der Waals surface area contributed by atoms with Crippen LogP contribution in [0.15, 0.2) is 0 Å². The van der Waals surface area contributed by atoms with Crippen molar-refractivity contribution in [3.63, 3.8) is 0 Å². The van der Waals surface area contributed by atoms with E-state index in [1.165, 1.54) is 24.5 Å². The number of thioether (sulfide) groups is 1. The molecule has 2 heteroatoms. The third-order valence-corrected chi connectivity index (χ3v) is 2.45. The summed E-state index contributed by atoms with van der Waals surface area (Å²) in [7, 11) is 0. The Bertz CT molecular complexity index is 57.5. The molecule has 0 aromatic heterocycles. The van der Waals surface area contributed by atoms with Crippen LogP contribution in [-0.2, 0) is 0 Å². The van der Waals surface area contributed by atoms with E-state index >= 15 is 0 Å². The van der Waals surface area contributed by atoms with Gasteiger partial charge in [-0.2, -0.15) is 11.8 Å². The number of rotatable bonds is 0. The van der Waals surface area contributed by atoms with Crippen molar-refractivity contribution in [2.75, 3.05) is 18.1 Å². The molecule has 1 rings (SSSR count). The second kappa shape index (κ2) is 3.36. The molecule has 0 aliphatic carbocycles. The Balaban J connectivity index is 2.17. The number of nitrogens with one attached hydrogen (secondary N) is 1. The maximum atomic E-state index is 3.42. The van der Waals surface area contributed by atoms with E-state index in [1.54, 1.807) is 0 Å². The fourth-order valence-corrected chi connectivity index (χ4v) is 1.83. The molecule has 1 aliphatic heterocycles. The highest BCUT2D eigenvalue weighted by Gasteiger charge is 2.03. The van der Waals surface area contributed by atoms with E-state index in [1.807, 2.05) is 0 Å². The minimum atomic E-state index is 0.755. The van der Waals surface area contributed by atoms with Crippen LogP contribution in [-0.4, -0.2) is 24.1 Å². The molecule has 1 saturated heterocycles. The van der Waals surface area contributed by atoms with E-state index in [2.05, 4.69) is 24.0 Å². The Kier molecular flexibility index (Phi) is 2.70. The van der Waals surface area contributed by atoms with Gasteiger partial charge >= 0.3 is 0 Å². The average molecular weight is 131 g/mol. The maximum absolute atomic E-state index is 3.42. The summed E-state index contributed by atoms with van der Waals surface area (Å²) in [4.78, 5) is 0. The van der Waals surface area contributed by atoms with Crippen molar-refractivity contribution in [1.29, 1.82) is 0 Å². The summed E-state index contributed by atoms with van der Waals surface area (Å²) >= 11 is 2.06.